The van der Waals surface area contributed by atoms with Crippen molar-refractivity contribution in [2.75, 3.05) is 0 Å². The topological polar surface area (TPSA) is 40.5 Å². The zero-order valence-electron chi connectivity index (χ0n) is 22.7. The fourth-order valence-electron chi connectivity index (χ4n) is 10.9. The van der Waals surface area contributed by atoms with Crippen LogP contribution in [0.25, 0.3) is 0 Å². The summed E-state index contributed by atoms with van der Waals surface area (Å²) in [5, 5.41) is 23.4. The molecule has 2 nitrogen and oxygen atoms in total. The summed E-state index contributed by atoms with van der Waals surface area (Å²) in [7, 11) is 0. The second kappa shape index (κ2) is 7.71. The highest BCUT2D eigenvalue weighted by atomic mass is 16.3. The molecule has 4 aliphatic rings. The van der Waals surface area contributed by atoms with Gasteiger partial charge in [0.15, 0.2) is 0 Å². The number of rotatable bonds is 3. The van der Waals surface area contributed by atoms with Crippen molar-refractivity contribution in [1.29, 1.82) is 0 Å². The first-order valence-electron chi connectivity index (χ1n) is 14.0. The average molecular weight is 447 g/mol. The normalized spacial score (nSPS) is 52.7. The number of hydrogen-bond donors (Lipinski definition) is 2. The van der Waals surface area contributed by atoms with Crippen molar-refractivity contribution in [1.82, 2.24) is 0 Å². The minimum absolute atomic E-state index is 0.218. The van der Waals surface area contributed by atoms with Crippen molar-refractivity contribution >= 4 is 0 Å². The highest BCUT2D eigenvalue weighted by Gasteiger charge is 2.60. The molecule has 0 amide bonds. The molecule has 0 unspecified atom stereocenters. The van der Waals surface area contributed by atoms with E-state index in [0.29, 0.717) is 34.5 Å². The Labute approximate surface area is 199 Å². The lowest BCUT2D eigenvalue weighted by Crippen LogP contribution is -2.59. The summed E-state index contributed by atoms with van der Waals surface area (Å²) in [4.78, 5) is 0. The maximum atomic E-state index is 11.7. The lowest BCUT2D eigenvalue weighted by molar-refractivity contribution is -0.190. The van der Waals surface area contributed by atoms with Crippen LogP contribution < -0.4 is 0 Å². The molecule has 4 rings (SSSR count). The van der Waals surface area contributed by atoms with Crippen molar-refractivity contribution < 1.29 is 10.2 Å². The Hall–Kier alpha value is -0.0800. The van der Waals surface area contributed by atoms with Crippen LogP contribution in [0.4, 0.5) is 0 Å². The van der Waals surface area contributed by atoms with Gasteiger partial charge >= 0.3 is 0 Å². The molecule has 0 saturated heterocycles. The Kier molecular flexibility index (Phi) is 6.03. The van der Waals surface area contributed by atoms with E-state index in [4.69, 9.17) is 0 Å². The standard InChI is InChI=1S/C30H54O2/c1-25(2)15-9-17-27(5)21(25)13-19-29(7,31)23(27)11-12-24-28(6)18-10-16-26(3,4)22(28)14-20-30(24,8)32/h21-24,31-32H,9-20H2,1-8H3/t21-,22-,23+,24+,27-,28-,29+,30+/m0/s1. The van der Waals surface area contributed by atoms with Gasteiger partial charge in [-0.05, 0) is 123 Å². The van der Waals surface area contributed by atoms with E-state index in [2.05, 4.69) is 55.4 Å². The van der Waals surface area contributed by atoms with Crippen molar-refractivity contribution in [2.45, 2.75) is 144 Å². The van der Waals surface area contributed by atoms with Crippen molar-refractivity contribution in [3.63, 3.8) is 0 Å². The summed E-state index contributed by atoms with van der Waals surface area (Å²) in [6, 6.07) is 0. The molecule has 0 aliphatic heterocycles. The monoisotopic (exact) mass is 446 g/mol. The van der Waals surface area contributed by atoms with E-state index in [1.807, 2.05) is 0 Å². The second-order valence-electron chi connectivity index (χ2n) is 15.3. The first-order chi connectivity index (χ1) is 14.6. The van der Waals surface area contributed by atoms with Gasteiger partial charge in [0.05, 0.1) is 11.2 Å². The highest BCUT2D eigenvalue weighted by Crippen LogP contribution is 2.66. The fraction of sp³-hybridized carbons (Fsp3) is 1.00. The summed E-state index contributed by atoms with van der Waals surface area (Å²) in [6.07, 6.45) is 14.1. The summed E-state index contributed by atoms with van der Waals surface area (Å²) in [6.45, 7) is 19.2. The van der Waals surface area contributed by atoms with Gasteiger partial charge in [-0.3, -0.25) is 0 Å². The molecule has 0 aromatic rings. The van der Waals surface area contributed by atoms with E-state index in [9.17, 15) is 10.2 Å². The molecule has 0 spiro atoms. The Morgan fingerprint density at radius 1 is 0.531 bits per heavy atom. The Morgan fingerprint density at radius 2 is 0.875 bits per heavy atom. The molecule has 186 valence electrons. The third kappa shape index (κ3) is 3.82. The third-order valence-corrected chi connectivity index (χ3v) is 12.3. The summed E-state index contributed by atoms with van der Waals surface area (Å²) >= 11 is 0. The maximum absolute atomic E-state index is 11.7. The quantitative estimate of drug-likeness (QED) is 0.465. The number of aliphatic hydroxyl groups is 2. The molecule has 0 aromatic carbocycles. The molecule has 0 aromatic heterocycles. The number of hydrogen-bond acceptors (Lipinski definition) is 2. The minimum Gasteiger partial charge on any atom is -0.390 e. The smallest absolute Gasteiger partial charge is 0.0653 e. The molecule has 8 atom stereocenters. The number of fused-ring (bicyclic) bond motifs is 2. The van der Waals surface area contributed by atoms with E-state index in [-0.39, 0.29) is 10.8 Å². The molecule has 0 heterocycles. The maximum Gasteiger partial charge on any atom is 0.0653 e. The van der Waals surface area contributed by atoms with Crippen LogP contribution in [0.15, 0.2) is 0 Å². The zero-order valence-corrected chi connectivity index (χ0v) is 22.7. The first kappa shape index (κ1) is 25.0. The molecule has 4 fully saturated rings. The summed E-state index contributed by atoms with van der Waals surface area (Å²) in [5.41, 5.74) is 0.0358. The van der Waals surface area contributed by atoms with Gasteiger partial charge < -0.3 is 10.2 Å². The van der Waals surface area contributed by atoms with E-state index < -0.39 is 11.2 Å². The summed E-state index contributed by atoms with van der Waals surface area (Å²) < 4.78 is 0. The van der Waals surface area contributed by atoms with Gasteiger partial charge in [-0.25, -0.2) is 0 Å². The van der Waals surface area contributed by atoms with Crippen molar-refractivity contribution in [2.24, 2.45) is 45.3 Å². The van der Waals surface area contributed by atoms with Crippen LogP contribution in [-0.4, -0.2) is 21.4 Å². The molecule has 2 heteroatoms. The second-order valence-corrected chi connectivity index (χ2v) is 15.3. The molecule has 4 saturated carbocycles. The fourth-order valence-corrected chi connectivity index (χ4v) is 10.9. The van der Waals surface area contributed by atoms with Crippen LogP contribution in [0.5, 0.6) is 0 Å². The van der Waals surface area contributed by atoms with Crippen LogP contribution in [0.2, 0.25) is 0 Å². The molecule has 2 N–H and O–H groups in total. The van der Waals surface area contributed by atoms with E-state index in [0.717, 1.165) is 25.7 Å². The van der Waals surface area contributed by atoms with Crippen LogP contribution in [0.3, 0.4) is 0 Å². The molecule has 4 aliphatic carbocycles. The Bertz CT molecular complexity index is 644. The van der Waals surface area contributed by atoms with Gasteiger partial charge in [0.1, 0.15) is 0 Å². The predicted octanol–water partition coefficient (Wildman–Crippen LogP) is 7.75. The van der Waals surface area contributed by atoms with E-state index in [1.54, 1.807) is 0 Å². The zero-order chi connectivity index (χ0) is 23.8. The SMILES string of the molecule is CC1(C)CCC[C@]2(C)[C@@H](CC[C@@H]3[C@@]4(C)CCCC(C)(C)[C@@H]4CC[C@@]3(C)O)[C@](C)(O)CC[C@@H]12. The Balaban J connectivity index is 1.62. The van der Waals surface area contributed by atoms with E-state index in [1.165, 1.54) is 51.4 Å². The molecule has 0 radical (unpaired) electrons. The largest absolute Gasteiger partial charge is 0.390 e. The van der Waals surface area contributed by atoms with Crippen LogP contribution in [-0.2, 0) is 0 Å². The van der Waals surface area contributed by atoms with Crippen LogP contribution >= 0.6 is 0 Å². The molecule has 32 heavy (non-hydrogen) atoms. The van der Waals surface area contributed by atoms with Gasteiger partial charge in [-0.2, -0.15) is 0 Å². The molecular formula is C30H54O2. The lowest BCUT2D eigenvalue weighted by atomic mass is 9.43. The van der Waals surface area contributed by atoms with Gasteiger partial charge in [0, 0.05) is 0 Å². The van der Waals surface area contributed by atoms with Crippen molar-refractivity contribution in [3.05, 3.63) is 0 Å². The highest BCUT2D eigenvalue weighted by molar-refractivity contribution is 5.10. The van der Waals surface area contributed by atoms with Gasteiger partial charge in [0.2, 0.25) is 0 Å². The van der Waals surface area contributed by atoms with Gasteiger partial charge in [0.25, 0.3) is 0 Å². The minimum atomic E-state index is -0.578. The van der Waals surface area contributed by atoms with Crippen LogP contribution in [0, 0.1) is 45.3 Å². The van der Waals surface area contributed by atoms with E-state index >= 15 is 0 Å². The van der Waals surface area contributed by atoms with Crippen LogP contribution in [0.1, 0.15) is 132 Å². The van der Waals surface area contributed by atoms with Gasteiger partial charge in [-0.1, -0.05) is 54.4 Å². The molecule has 0 bridgehead atoms. The first-order valence-corrected chi connectivity index (χ1v) is 14.0. The van der Waals surface area contributed by atoms with Crippen molar-refractivity contribution in [3.8, 4) is 0 Å². The van der Waals surface area contributed by atoms with Gasteiger partial charge in [-0.15, -0.1) is 0 Å². The lowest BCUT2D eigenvalue weighted by Gasteiger charge is -2.63. The molecular weight excluding hydrogens is 392 g/mol. The summed E-state index contributed by atoms with van der Waals surface area (Å²) in [5.74, 6) is 2.09. The Morgan fingerprint density at radius 3 is 1.22 bits per heavy atom. The third-order valence-electron chi connectivity index (χ3n) is 12.3. The average Bonchev–Trinajstić information content (AvgIpc) is 2.60. The predicted molar refractivity (Wildman–Crippen MR) is 134 cm³/mol.